The van der Waals surface area contributed by atoms with Gasteiger partial charge in [-0.1, -0.05) is 12.2 Å². The molecule has 2 rings (SSSR count). The second-order valence-electron chi connectivity index (χ2n) is 3.95. The van der Waals surface area contributed by atoms with Crippen molar-refractivity contribution < 1.29 is 24.5 Å². The van der Waals surface area contributed by atoms with Crippen LogP contribution in [0.2, 0.25) is 0 Å². The molecule has 0 aromatic carbocycles. The smallest absolute Gasteiger partial charge is 0.338 e. The molecule has 2 aliphatic rings. The highest BCUT2D eigenvalue weighted by molar-refractivity contribution is 5.78. The molecule has 0 spiro atoms. The highest BCUT2D eigenvalue weighted by atomic mass is 16.6. The lowest BCUT2D eigenvalue weighted by Crippen LogP contribution is -2.31. The first-order chi connectivity index (χ1) is 7.08. The quantitative estimate of drug-likeness (QED) is 0.319. The van der Waals surface area contributed by atoms with E-state index in [4.69, 9.17) is 9.47 Å². The summed E-state index contributed by atoms with van der Waals surface area (Å²) in [5, 5.41) is 19.0. The Morgan fingerprint density at radius 1 is 1.40 bits per heavy atom. The molecule has 2 heterocycles. The van der Waals surface area contributed by atoms with Crippen molar-refractivity contribution in [1.29, 1.82) is 0 Å². The highest BCUT2D eigenvalue weighted by Gasteiger charge is 2.45. The maximum absolute atomic E-state index is 11.3. The van der Waals surface area contributed by atoms with Gasteiger partial charge in [0.05, 0.1) is 12.2 Å². The van der Waals surface area contributed by atoms with Crippen LogP contribution in [-0.2, 0) is 14.3 Å². The largest absolute Gasteiger partial charge is 0.461 e. The number of fused-ring (bicyclic) bond motifs is 1. The Labute approximate surface area is 87.3 Å². The summed E-state index contributed by atoms with van der Waals surface area (Å²) in [4.78, 5) is 11.3. The van der Waals surface area contributed by atoms with Crippen molar-refractivity contribution in [3.8, 4) is 0 Å². The van der Waals surface area contributed by atoms with E-state index in [0.29, 0.717) is 0 Å². The maximum atomic E-state index is 11.3. The Morgan fingerprint density at radius 3 is 2.87 bits per heavy atom. The van der Waals surface area contributed by atoms with E-state index in [9.17, 15) is 15.0 Å². The minimum Gasteiger partial charge on any atom is -0.461 e. The third-order valence-electron chi connectivity index (χ3n) is 2.54. The molecular weight excluding hydrogens is 200 g/mol. The number of aliphatic hydroxyl groups excluding tert-OH is 2. The van der Waals surface area contributed by atoms with Crippen molar-refractivity contribution in [2.75, 3.05) is 0 Å². The fraction of sp³-hybridized carbons (Fsp3) is 0.700. The average molecular weight is 214 g/mol. The number of esters is 1. The summed E-state index contributed by atoms with van der Waals surface area (Å²) in [6, 6.07) is 0. The van der Waals surface area contributed by atoms with Crippen LogP contribution in [0.4, 0.5) is 0 Å². The van der Waals surface area contributed by atoms with Gasteiger partial charge in [-0.05, 0) is 6.92 Å². The molecule has 0 amide bonds. The van der Waals surface area contributed by atoms with Gasteiger partial charge in [0.1, 0.15) is 12.2 Å². The molecule has 5 atom stereocenters. The molecule has 5 heteroatoms. The predicted molar refractivity (Wildman–Crippen MR) is 50.0 cm³/mol. The first-order valence-corrected chi connectivity index (χ1v) is 4.98. The average Bonchev–Trinajstić information content (AvgIpc) is 2.91. The number of epoxide rings is 1. The van der Waals surface area contributed by atoms with Crippen LogP contribution in [0.3, 0.4) is 0 Å². The molecule has 2 N–H and O–H groups in total. The number of rotatable bonds is 0. The second kappa shape index (κ2) is 3.92. The van der Waals surface area contributed by atoms with Crippen LogP contribution in [0.5, 0.6) is 0 Å². The summed E-state index contributed by atoms with van der Waals surface area (Å²) in [6.07, 6.45) is 0.133. The zero-order valence-electron chi connectivity index (χ0n) is 8.37. The van der Waals surface area contributed by atoms with Gasteiger partial charge in [0.15, 0.2) is 6.10 Å². The third kappa shape index (κ3) is 2.37. The van der Waals surface area contributed by atoms with Crippen molar-refractivity contribution >= 4 is 5.97 Å². The van der Waals surface area contributed by atoms with E-state index in [0.717, 1.165) is 0 Å². The lowest BCUT2D eigenvalue weighted by atomic mass is 10.1. The van der Waals surface area contributed by atoms with Crippen molar-refractivity contribution in [3.63, 3.8) is 0 Å². The van der Waals surface area contributed by atoms with Crippen LogP contribution in [0.25, 0.3) is 0 Å². The minimum absolute atomic E-state index is 0.217. The van der Waals surface area contributed by atoms with Gasteiger partial charge in [-0.3, -0.25) is 0 Å². The summed E-state index contributed by atoms with van der Waals surface area (Å²) in [5.41, 5.74) is 0. The van der Waals surface area contributed by atoms with Crippen molar-refractivity contribution in [2.24, 2.45) is 0 Å². The second-order valence-corrected chi connectivity index (χ2v) is 3.95. The van der Waals surface area contributed by atoms with E-state index >= 15 is 0 Å². The lowest BCUT2D eigenvalue weighted by Gasteiger charge is -2.19. The number of hydrogen-bond acceptors (Lipinski definition) is 5. The van der Waals surface area contributed by atoms with E-state index in [2.05, 4.69) is 0 Å². The molecule has 15 heavy (non-hydrogen) atoms. The van der Waals surface area contributed by atoms with E-state index in [-0.39, 0.29) is 12.5 Å². The number of ether oxygens (including phenoxy) is 2. The molecule has 1 fully saturated rings. The summed E-state index contributed by atoms with van der Waals surface area (Å²) in [5.74, 6) is -0.402. The van der Waals surface area contributed by atoms with Crippen LogP contribution in [0.15, 0.2) is 12.2 Å². The van der Waals surface area contributed by atoms with Crippen molar-refractivity contribution in [1.82, 2.24) is 0 Å². The number of carbonyl (C=O) groups is 1. The molecule has 0 radical (unpaired) electrons. The highest BCUT2D eigenvalue weighted by Crippen LogP contribution is 2.27. The standard InChI is InChI=1S/C10H14O5/c1-5-4-7(12)6(11)2-3-8-9(15-8)10(13)14-5/h2-3,5-9,11-12H,4H2,1H3/b3-2+/t5-,6-,7-,8+,9+/m1/s1. The number of hydrogen-bond donors (Lipinski definition) is 2. The van der Waals surface area contributed by atoms with Gasteiger partial charge in [-0.15, -0.1) is 0 Å². The summed E-state index contributed by atoms with van der Waals surface area (Å²) >= 11 is 0. The van der Waals surface area contributed by atoms with Gasteiger partial charge in [0, 0.05) is 6.42 Å². The summed E-state index contributed by atoms with van der Waals surface area (Å²) in [6.45, 7) is 1.68. The van der Waals surface area contributed by atoms with Gasteiger partial charge in [-0.2, -0.15) is 0 Å². The van der Waals surface area contributed by atoms with Gasteiger partial charge < -0.3 is 19.7 Å². The fourth-order valence-corrected chi connectivity index (χ4v) is 1.60. The molecule has 0 unspecified atom stereocenters. The molecule has 84 valence electrons. The van der Waals surface area contributed by atoms with Crippen LogP contribution < -0.4 is 0 Å². The molecule has 2 aliphatic heterocycles. The van der Waals surface area contributed by atoms with Crippen LogP contribution in [0.1, 0.15) is 13.3 Å². The summed E-state index contributed by atoms with van der Waals surface area (Å²) < 4.78 is 10.1. The first kappa shape index (κ1) is 10.6. The number of cyclic esters (lactones) is 1. The van der Waals surface area contributed by atoms with Crippen molar-refractivity contribution in [2.45, 2.75) is 43.9 Å². The van der Waals surface area contributed by atoms with Crippen LogP contribution >= 0.6 is 0 Å². The zero-order chi connectivity index (χ0) is 11.0. The van der Waals surface area contributed by atoms with Gasteiger partial charge in [-0.25, -0.2) is 4.79 Å². The Hall–Kier alpha value is -0.910. The Bertz CT molecular complexity index is 288. The Kier molecular flexibility index (Phi) is 2.77. The zero-order valence-corrected chi connectivity index (χ0v) is 8.37. The van der Waals surface area contributed by atoms with E-state index < -0.39 is 30.4 Å². The molecule has 5 nitrogen and oxygen atoms in total. The predicted octanol–water partition coefficient (Wildman–Crippen LogP) is -0.633. The van der Waals surface area contributed by atoms with E-state index in [1.807, 2.05) is 0 Å². The lowest BCUT2D eigenvalue weighted by molar-refractivity contribution is -0.151. The molecule has 0 aromatic rings. The molecule has 0 bridgehead atoms. The molecular formula is C10H14O5. The summed E-state index contributed by atoms with van der Waals surface area (Å²) in [7, 11) is 0. The van der Waals surface area contributed by atoms with Crippen LogP contribution in [0, 0.1) is 0 Å². The maximum Gasteiger partial charge on any atom is 0.338 e. The van der Waals surface area contributed by atoms with Crippen LogP contribution in [-0.4, -0.2) is 46.7 Å². The topological polar surface area (TPSA) is 79.3 Å². The minimum atomic E-state index is -0.936. The monoisotopic (exact) mass is 214 g/mol. The Morgan fingerprint density at radius 2 is 2.13 bits per heavy atom. The van der Waals surface area contributed by atoms with Gasteiger partial charge >= 0.3 is 5.97 Å². The SMILES string of the molecule is C[C@@H]1C[C@@H](O)[C@H](O)/C=C/[C@@H]2O[C@@H]2C(=O)O1. The fourth-order valence-electron chi connectivity index (χ4n) is 1.60. The van der Waals surface area contributed by atoms with Gasteiger partial charge in [0.25, 0.3) is 0 Å². The molecule has 0 aliphatic carbocycles. The molecule has 0 aromatic heterocycles. The molecule has 0 saturated carbocycles. The third-order valence-corrected chi connectivity index (χ3v) is 2.54. The normalized spacial score (nSPS) is 47.7. The van der Waals surface area contributed by atoms with E-state index in [1.54, 1.807) is 13.0 Å². The number of carbonyl (C=O) groups excluding carboxylic acids is 1. The first-order valence-electron chi connectivity index (χ1n) is 4.98. The number of aliphatic hydroxyl groups is 2. The van der Waals surface area contributed by atoms with E-state index in [1.165, 1.54) is 6.08 Å². The Balaban J connectivity index is 2.09. The molecule has 1 saturated heterocycles. The van der Waals surface area contributed by atoms with Crippen molar-refractivity contribution in [3.05, 3.63) is 12.2 Å². The van der Waals surface area contributed by atoms with Gasteiger partial charge in [0.2, 0.25) is 0 Å².